The predicted molar refractivity (Wildman–Crippen MR) is 57.1 cm³/mol. The first-order chi connectivity index (χ1) is 6.49. The van der Waals surface area contributed by atoms with Crippen molar-refractivity contribution < 1.29 is 0 Å². The van der Waals surface area contributed by atoms with Gasteiger partial charge in [-0.15, -0.1) is 0 Å². The third-order valence-corrected chi connectivity index (χ3v) is 2.48. The Kier molecular flexibility index (Phi) is 2.95. The van der Waals surface area contributed by atoms with Gasteiger partial charge in [-0.2, -0.15) is 5.10 Å². The maximum absolute atomic E-state index is 7.04. The van der Waals surface area contributed by atoms with Crippen LogP contribution < -0.4 is 0 Å². The molecule has 0 fully saturated rings. The van der Waals surface area contributed by atoms with Crippen molar-refractivity contribution in [3.8, 4) is 0 Å². The lowest BCUT2D eigenvalue weighted by molar-refractivity contribution is 0.515. The summed E-state index contributed by atoms with van der Waals surface area (Å²) in [5, 5.41) is 4.45. The summed E-state index contributed by atoms with van der Waals surface area (Å²) in [5.41, 5.74) is 3.20. The molecule has 0 radical (unpaired) electrons. The van der Waals surface area contributed by atoms with Crippen LogP contribution in [0, 0.1) is 20.4 Å². The number of rotatable bonds is 2. The fourth-order valence-corrected chi connectivity index (χ4v) is 1.85. The van der Waals surface area contributed by atoms with E-state index in [4.69, 9.17) is 6.57 Å². The number of aromatic nitrogens is 2. The van der Waals surface area contributed by atoms with E-state index >= 15 is 0 Å². The smallest absolute Gasteiger partial charge is 0.249 e. The van der Waals surface area contributed by atoms with Gasteiger partial charge < -0.3 is 4.85 Å². The highest BCUT2D eigenvalue weighted by Crippen LogP contribution is 2.25. The summed E-state index contributed by atoms with van der Waals surface area (Å²) in [7, 11) is 0. The minimum Gasteiger partial charge on any atom is -0.309 e. The lowest BCUT2D eigenvalue weighted by atomic mass is 10.1. The first-order valence-electron chi connectivity index (χ1n) is 4.91. The molecule has 0 bridgehead atoms. The van der Waals surface area contributed by atoms with Gasteiger partial charge in [0.15, 0.2) is 0 Å². The fraction of sp³-hybridized carbons (Fsp3) is 0.636. The fourth-order valence-electron chi connectivity index (χ4n) is 1.85. The van der Waals surface area contributed by atoms with Crippen molar-refractivity contribution in [2.75, 3.05) is 0 Å². The van der Waals surface area contributed by atoms with Crippen LogP contribution in [0.2, 0.25) is 0 Å². The Morgan fingerprint density at radius 3 is 2.21 bits per heavy atom. The standard InChI is InChI=1S/C11H17N3/c1-7(2)14-10(5)11(8(3)12-6)9(4)13-14/h7-8H,1-5H3. The first-order valence-corrected chi connectivity index (χ1v) is 4.91. The van der Waals surface area contributed by atoms with Gasteiger partial charge in [0.25, 0.3) is 0 Å². The molecule has 1 unspecified atom stereocenters. The van der Waals surface area contributed by atoms with Crippen LogP contribution in [-0.2, 0) is 0 Å². The molecule has 3 heteroatoms. The van der Waals surface area contributed by atoms with Gasteiger partial charge in [0, 0.05) is 18.7 Å². The van der Waals surface area contributed by atoms with Crippen molar-refractivity contribution in [3.05, 3.63) is 28.4 Å². The highest BCUT2D eigenvalue weighted by molar-refractivity contribution is 5.30. The summed E-state index contributed by atoms with van der Waals surface area (Å²) in [5.74, 6) is 0. The zero-order chi connectivity index (χ0) is 10.9. The molecule has 0 N–H and O–H groups in total. The molecule has 0 saturated carbocycles. The maximum atomic E-state index is 7.04. The van der Waals surface area contributed by atoms with Gasteiger partial charge in [0.1, 0.15) is 0 Å². The minimum absolute atomic E-state index is 0.0810. The van der Waals surface area contributed by atoms with Gasteiger partial charge in [0.05, 0.1) is 11.3 Å². The van der Waals surface area contributed by atoms with Crippen molar-refractivity contribution in [1.82, 2.24) is 9.78 Å². The third-order valence-electron chi connectivity index (χ3n) is 2.48. The molecule has 3 nitrogen and oxygen atoms in total. The Labute approximate surface area is 85.6 Å². The zero-order valence-corrected chi connectivity index (χ0v) is 9.50. The summed E-state index contributed by atoms with van der Waals surface area (Å²) >= 11 is 0. The van der Waals surface area contributed by atoms with Gasteiger partial charge in [-0.1, -0.05) is 0 Å². The van der Waals surface area contributed by atoms with E-state index in [1.165, 1.54) is 0 Å². The molecule has 0 saturated heterocycles. The Morgan fingerprint density at radius 2 is 1.86 bits per heavy atom. The molecule has 1 rings (SSSR count). The van der Waals surface area contributed by atoms with E-state index in [9.17, 15) is 0 Å². The van der Waals surface area contributed by atoms with E-state index in [2.05, 4.69) is 23.8 Å². The highest BCUT2D eigenvalue weighted by Gasteiger charge is 2.21. The van der Waals surface area contributed by atoms with Crippen molar-refractivity contribution in [3.63, 3.8) is 0 Å². The molecule has 14 heavy (non-hydrogen) atoms. The molecule has 0 aromatic carbocycles. The molecule has 0 amide bonds. The second-order valence-electron chi connectivity index (χ2n) is 3.93. The number of nitrogens with zero attached hydrogens (tertiary/aromatic N) is 3. The second kappa shape index (κ2) is 3.83. The van der Waals surface area contributed by atoms with Crippen LogP contribution in [-0.4, -0.2) is 9.78 Å². The normalized spacial score (nSPS) is 12.9. The number of hydrogen-bond acceptors (Lipinski definition) is 1. The van der Waals surface area contributed by atoms with Crippen LogP contribution >= 0.6 is 0 Å². The predicted octanol–water partition coefficient (Wildman–Crippen LogP) is 3.06. The van der Waals surface area contributed by atoms with Crippen LogP contribution in [0.4, 0.5) is 0 Å². The number of aryl methyl sites for hydroxylation is 1. The Hall–Kier alpha value is -1.30. The lowest BCUT2D eigenvalue weighted by Gasteiger charge is -2.08. The van der Waals surface area contributed by atoms with E-state index < -0.39 is 0 Å². The average Bonchev–Trinajstić information content (AvgIpc) is 2.41. The molecule has 1 aromatic heterocycles. The van der Waals surface area contributed by atoms with Gasteiger partial charge in [-0.05, 0) is 27.7 Å². The summed E-state index contributed by atoms with van der Waals surface area (Å²) in [4.78, 5) is 3.55. The van der Waals surface area contributed by atoms with Gasteiger partial charge in [-0.25, -0.2) is 6.57 Å². The van der Waals surface area contributed by atoms with E-state index in [0.29, 0.717) is 6.04 Å². The zero-order valence-electron chi connectivity index (χ0n) is 9.50. The van der Waals surface area contributed by atoms with E-state index in [0.717, 1.165) is 17.0 Å². The molecule has 76 valence electrons. The first kappa shape index (κ1) is 10.8. The van der Waals surface area contributed by atoms with Crippen LogP contribution in [0.3, 0.4) is 0 Å². The average molecular weight is 191 g/mol. The molecule has 1 aromatic rings. The van der Waals surface area contributed by atoms with Crippen molar-refractivity contribution in [1.29, 1.82) is 0 Å². The van der Waals surface area contributed by atoms with E-state index in [1.807, 2.05) is 25.5 Å². The lowest BCUT2D eigenvalue weighted by Crippen LogP contribution is -2.05. The summed E-state index contributed by atoms with van der Waals surface area (Å²) in [6.45, 7) is 17.2. The largest absolute Gasteiger partial charge is 0.309 e. The molecule has 1 heterocycles. The Bertz CT molecular complexity index is 369. The van der Waals surface area contributed by atoms with Gasteiger partial charge in [0.2, 0.25) is 6.04 Å². The van der Waals surface area contributed by atoms with E-state index in [1.54, 1.807) is 0 Å². The van der Waals surface area contributed by atoms with Gasteiger partial charge in [-0.3, -0.25) is 4.68 Å². The van der Waals surface area contributed by atoms with Gasteiger partial charge >= 0.3 is 0 Å². The molecule has 0 aliphatic carbocycles. The van der Waals surface area contributed by atoms with E-state index in [-0.39, 0.29) is 6.04 Å². The molecular weight excluding hydrogens is 174 g/mol. The monoisotopic (exact) mass is 191 g/mol. The summed E-state index contributed by atoms with van der Waals surface area (Å²) in [6.07, 6.45) is 0. The van der Waals surface area contributed by atoms with Crippen LogP contribution in [0.15, 0.2) is 0 Å². The molecule has 1 atom stereocenters. The number of hydrogen-bond donors (Lipinski definition) is 0. The second-order valence-corrected chi connectivity index (χ2v) is 3.93. The SMILES string of the molecule is [C-]#[N+]C(C)c1c(C)nn(C(C)C)c1C. The topological polar surface area (TPSA) is 22.2 Å². The van der Waals surface area contributed by atoms with Crippen LogP contribution in [0.25, 0.3) is 4.85 Å². The molecule has 0 spiro atoms. The molecule has 0 aliphatic rings. The summed E-state index contributed by atoms with van der Waals surface area (Å²) in [6, 6.07) is 0.280. The Balaban J connectivity index is 3.26. The summed E-state index contributed by atoms with van der Waals surface area (Å²) < 4.78 is 1.99. The van der Waals surface area contributed by atoms with Crippen LogP contribution in [0.1, 0.15) is 49.8 Å². The third kappa shape index (κ3) is 1.65. The van der Waals surface area contributed by atoms with Crippen molar-refractivity contribution >= 4 is 0 Å². The van der Waals surface area contributed by atoms with Crippen molar-refractivity contribution in [2.45, 2.75) is 46.7 Å². The van der Waals surface area contributed by atoms with Crippen molar-refractivity contribution in [2.24, 2.45) is 0 Å². The highest BCUT2D eigenvalue weighted by atomic mass is 15.3. The quantitative estimate of drug-likeness (QED) is 0.658. The maximum Gasteiger partial charge on any atom is 0.249 e. The van der Waals surface area contributed by atoms with Crippen LogP contribution in [0.5, 0.6) is 0 Å². The molecular formula is C11H17N3. The molecule has 0 aliphatic heterocycles. The minimum atomic E-state index is -0.0810. The Morgan fingerprint density at radius 1 is 1.29 bits per heavy atom.